The third-order valence-electron chi connectivity index (χ3n) is 5.92. The predicted octanol–water partition coefficient (Wildman–Crippen LogP) is 6.23. The summed E-state index contributed by atoms with van der Waals surface area (Å²) >= 11 is 0. The monoisotopic (exact) mass is 447 g/mol. The normalized spacial score (nSPS) is 14.7. The standard InChI is InChI=1S/C19H15N3O2S.C7H14/c1-14-20-12-11-18(21-14)17-13-22(19-10-6-5-9-16(17)19)25(23,24)15-7-3-2-4-8-15;1-7-5-3-2-4-6-7/h2-13H,1H3;7H,2-6H2,1H3. The van der Waals surface area contributed by atoms with Gasteiger partial charge in [0, 0.05) is 23.3 Å². The van der Waals surface area contributed by atoms with Gasteiger partial charge in [-0.2, -0.15) is 0 Å². The van der Waals surface area contributed by atoms with Crippen molar-refractivity contribution in [3.05, 3.63) is 78.9 Å². The second-order valence-electron chi connectivity index (χ2n) is 8.41. The summed E-state index contributed by atoms with van der Waals surface area (Å²) in [6.07, 6.45) is 10.7. The Bertz CT molecular complexity index is 1290. The van der Waals surface area contributed by atoms with E-state index in [9.17, 15) is 8.42 Å². The van der Waals surface area contributed by atoms with Crippen LogP contribution in [0.15, 0.2) is 78.0 Å². The van der Waals surface area contributed by atoms with Crippen molar-refractivity contribution >= 4 is 20.9 Å². The van der Waals surface area contributed by atoms with Crippen LogP contribution in [0.3, 0.4) is 0 Å². The number of rotatable bonds is 3. The van der Waals surface area contributed by atoms with Gasteiger partial charge in [-0.1, -0.05) is 75.4 Å². The zero-order valence-electron chi connectivity index (χ0n) is 18.6. The average Bonchev–Trinajstić information content (AvgIpc) is 3.21. The average molecular weight is 448 g/mol. The number of aryl methyl sites for hydroxylation is 1. The van der Waals surface area contributed by atoms with Gasteiger partial charge in [0.25, 0.3) is 10.0 Å². The summed E-state index contributed by atoms with van der Waals surface area (Å²) in [5, 5.41) is 0.833. The third-order valence-corrected chi connectivity index (χ3v) is 7.61. The highest BCUT2D eigenvalue weighted by molar-refractivity contribution is 7.90. The predicted molar refractivity (Wildman–Crippen MR) is 129 cm³/mol. The maximum Gasteiger partial charge on any atom is 0.268 e. The Morgan fingerprint density at radius 2 is 1.59 bits per heavy atom. The van der Waals surface area contributed by atoms with Crippen LogP contribution in [0.2, 0.25) is 0 Å². The van der Waals surface area contributed by atoms with E-state index in [0.717, 1.165) is 16.9 Å². The molecule has 1 fully saturated rings. The van der Waals surface area contributed by atoms with E-state index in [1.165, 1.54) is 36.1 Å². The van der Waals surface area contributed by atoms with Gasteiger partial charge in [0.15, 0.2) is 0 Å². The molecule has 0 amide bonds. The van der Waals surface area contributed by atoms with Gasteiger partial charge in [-0.05, 0) is 37.1 Å². The largest absolute Gasteiger partial charge is 0.268 e. The molecule has 1 aliphatic carbocycles. The van der Waals surface area contributed by atoms with Crippen molar-refractivity contribution in [2.45, 2.75) is 50.8 Å². The fourth-order valence-electron chi connectivity index (χ4n) is 4.17. The summed E-state index contributed by atoms with van der Waals surface area (Å²) in [6.45, 7) is 4.17. The molecule has 5 nitrogen and oxygen atoms in total. The second-order valence-corrected chi connectivity index (χ2v) is 10.2. The molecule has 0 radical (unpaired) electrons. The highest BCUT2D eigenvalue weighted by Gasteiger charge is 2.21. The molecular weight excluding hydrogens is 418 g/mol. The summed E-state index contributed by atoms with van der Waals surface area (Å²) in [5.41, 5.74) is 2.09. The number of hydrogen-bond donors (Lipinski definition) is 0. The minimum Gasteiger partial charge on any atom is -0.242 e. The Morgan fingerprint density at radius 1 is 0.906 bits per heavy atom. The highest BCUT2D eigenvalue weighted by atomic mass is 32.2. The fourth-order valence-corrected chi connectivity index (χ4v) is 5.56. The van der Waals surface area contributed by atoms with E-state index in [1.807, 2.05) is 25.1 Å². The van der Waals surface area contributed by atoms with Crippen molar-refractivity contribution < 1.29 is 8.42 Å². The van der Waals surface area contributed by atoms with E-state index < -0.39 is 10.0 Å². The lowest BCUT2D eigenvalue weighted by Gasteiger charge is -2.15. The number of aromatic nitrogens is 3. The van der Waals surface area contributed by atoms with Crippen LogP contribution in [0.5, 0.6) is 0 Å². The van der Waals surface area contributed by atoms with Crippen LogP contribution >= 0.6 is 0 Å². The molecule has 2 aromatic heterocycles. The first-order valence-corrected chi connectivity index (χ1v) is 12.6. The van der Waals surface area contributed by atoms with Gasteiger partial charge in [-0.3, -0.25) is 0 Å². The van der Waals surface area contributed by atoms with Crippen LogP contribution in [0.25, 0.3) is 22.2 Å². The topological polar surface area (TPSA) is 64.8 Å². The van der Waals surface area contributed by atoms with E-state index in [1.54, 1.807) is 54.9 Å². The smallest absolute Gasteiger partial charge is 0.242 e. The lowest BCUT2D eigenvalue weighted by atomic mass is 9.91. The summed E-state index contributed by atoms with van der Waals surface area (Å²) in [4.78, 5) is 8.81. The van der Waals surface area contributed by atoms with Crippen LogP contribution in [-0.4, -0.2) is 22.4 Å². The van der Waals surface area contributed by atoms with E-state index in [2.05, 4.69) is 16.9 Å². The highest BCUT2D eigenvalue weighted by Crippen LogP contribution is 2.32. The summed E-state index contributed by atoms with van der Waals surface area (Å²) in [5.74, 6) is 1.67. The molecule has 0 N–H and O–H groups in total. The number of fused-ring (bicyclic) bond motifs is 1. The van der Waals surface area contributed by atoms with Gasteiger partial charge < -0.3 is 0 Å². The molecule has 1 aliphatic rings. The molecule has 4 aromatic rings. The Balaban J connectivity index is 0.000000300. The fraction of sp³-hybridized carbons (Fsp3) is 0.308. The summed E-state index contributed by atoms with van der Waals surface area (Å²) in [7, 11) is -3.69. The van der Waals surface area contributed by atoms with Gasteiger partial charge >= 0.3 is 0 Å². The van der Waals surface area contributed by atoms with Crippen molar-refractivity contribution in [2.75, 3.05) is 0 Å². The number of hydrogen-bond acceptors (Lipinski definition) is 4. The van der Waals surface area contributed by atoms with Gasteiger partial charge in [0.05, 0.1) is 16.1 Å². The van der Waals surface area contributed by atoms with Crippen LogP contribution in [0, 0.1) is 12.8 Å². The molecule has 0 atom stereocenters. The minimum absolute atomic E-state index is 0.251. The van der Waals surface area contributed by atoms with Gasteiger partial charge in [-0.25, -0.2) is 22.4 Å². The van der Waals surface area contributed by atoms with Crippen LogP contribution in [-0.2, 0) is 10.0 Å². The first kappa shape index (κ1) is 22.2. The molecule has 0 bridgehead atoms. The van der Waals surface area contributed by atoms with E-state index in [-0.39, 0.29) is 4.90 Å². The lowest BCUT2D eigenvalue weighted by Crippen LogP contribution is -2.11. The molecule has 0 spiro atoms. The molecule has 166 valence electrons. The zero-order chi connectivity index (χ0) is 22.6. The Morgan fingerprint density at radius 3 is 2.25 bits per heavy atom. The Labute approximate surface area is 190 Å². The van der Waals surface area contributed by atoms with Crippen molar-refractivity contribution in [1.29, 1.82) is 0 Å². The van der Waals surface area contributed by atoms with Crippen molar-refractivity contribution in [2.24, 2.45) is 5.92 Å². The quantitative estimate of drug-likeness (QED) is 0.373. The second kappa shape index (κ2) is 9.65. The van der Waals surface area contributed by atoms with Gasteiger partial charge in [0.2, 0.25) is 0 Å². The molecule has 0 saturated heterocycles. The summed E-state index contributed by atoms with van der Waals surface area (Å²) < 4.78 is 27.5. The molecule has 6 heteroatoms. The summed E-state index contributed by atoms with van der Waals surface area (Å²) in [6, 6.07) is 17.6. The molecule has 2 heterocycles. The van der Waals surface area contributed by atoms with Crippen molar-refractivity contribution in [3.63, 3.8) is 0 Å². The van der Waals surface area contributed by atoms with E-state index >= 15 is 0 Å². The number of nitrogens with zero attached hydrogens (tertiary/aromatic N) is 3. The van der Waals surface area contributed by atoms with E-state index in [0.29, 0.717) is 17.0 Å². The molecule has 5 rings (SSSR count). The van der Waals surface area contributed by atoms with E-state index in [4.69, 9.17) is 0 Å². The maximum atomic E-state index is 13.1. The molecule has 0 unspecified atom stereocenters. The van der Waals surface area contributed by atoms with Crippen molar-refractivity contribution in [1.82, 2.24) is 13.9 Å². The van der Waals surface area contributed by atoms with Crippen molar-refractivity contribution in [3.8, 4) is 11.3 Å². The van der Waals surface area contributed by atoms with Crippen LogP contribution in [0.4, 0.5) is 0 Å². The van der Waals surface area contributed by atoms with Gasteiger partial charge in [-0.15, -0.1) is 0 Å². The molecule has 0 aliphatic heterocycles. The number of benzene rings is 2. The molecular formula is C26H29N3O2S. The molecule has 2 aromatic carbocycles. The van der Waals surface area contributed by atoms with Crippen LogP contribution in [0.1, 0.15) is 44.9 Å². The molecule has 1 saturated carbocycles. The number of para-hydroxylation sites is 1. The Hall–Kier alpha value is -2.99. The first-order chi connectivity index (χ1) is 15.5. The van der Waals surface area contributed by atoms with Crippen LogP contribution < -0.4 is 0 Å². The third kappa shape index (κ3) is 4.75. The maximum absolute atomic E-state index is 13.1. The Kier molecular flexibility index (Phi) is 6.70. The molecule has 32 heavy (non-hydrogen) atoms. The zero-order valence-corrected chi connectivity index (χ0v) is 19.4. The first-order valence-electron chi connectivity index (χ1n) is 11.2. The lowest BCUT2D eigenvalue weighted by molar-refractivity contribution is 0.385. The van der Waals surface area contributed by atoms with Gasteiger partial charge in [0.1, 0.15) is 5.82 Å². The SMILES string of the molecule is CC1CCCCC1.Cc1nccc(-c2cn(S(=O)(=O)c3ccccc3)c3ccccc23)n1. The minimum atomic E-state index is -3.69.